The first-order chi connectivity index (χ1) is 11.9. The topological polar surface area (TPSA) is 31.2 Å². The van der Waals surface area contributed by atoms with Gasteiger partial charge in [0.2, 0.25) is 0 Å². The molecule has 2 atom stereocenters. The normalized spacial score (nSPS) is 20.8. The molecular weight excluding hydrogens is 310 g/mol. The lowest BCUT2D eigenvalue weighted by molar-refractivity contribution is -0.147. The monoisotopic (exact) mass is 337 g/mol. The van der Waals surface area contributed by atoms with Crippen LogP contribution in [0.1, 0.15) is 38.8 Å². The summed E-state index contributed by atoms with van der Waals surface area (Å²) in [6.45, 7) is 9.60. The number of hydrogen-bond acceptors (Lipinski definition) is 2. The fraction of sp³-hybridized carbons (Fsp3) is 0.409. The summed E-state index contributed by atoms with van der Waals surface area (Å²) < 4.78 is 7.70. The standard InChI is InChI=1S/C22H27NO2/c1-16(2)12-19-20(22(19,3)4)21(24)25-15-18-10-11-23(14-18)13-17-8-6-5-7-9-17/h5-12,14,19-20H,13,15H2,1-4H3. The van der Waals surface area contributed by atoms with Crippen molar-refractivity contribution in [2.75, 3.05) is 0 Å². The molecule has 3 rings (SSSR count). The summed E-state index contributed by atoms with van der Waals surface area (Å²) in [6.07, 6.45) is 6.28. The number of nitrogens with zero attached hydrogens (tertiary/aromatic N) is 1. The van der Waals surface area contributed by atoms with Gasteiger partial charge in [-0.05, 0) is 36.8 Å². The molecule has 0 radical (unpaired) electrons. The van der Waals surface area contributed by atoms with Gasteiger partial charge in [0.1, 0.15) is 6.61 Å². The van der Waals surface area contributed by atoms with Crippen LogP contribution in [-0.4, -0.2) is 10.5 Å². The molecule has 2 aromatic rings. The average Bonchev–Trinajstić information content (AvgIpc) is 2.90. The van der Waals surface area contributed by atoms with Gasteiger partial charge >= 0.3 is 5.97 Å². The third-order valence-electron chi connectivity index (χ3n) is 5.08. The van der Waals surface area contributed by atoms with E-state index < -0.39 is 0 Å². The van der Waals surface area contributed by atoms with E-state index in [1.54, 1.807) is 0 Å². The molecule has 1 aliphatic carbocycles. The smallest absolute Gasteiger partial charge is 0.310 e. The van der Waals surface area contributed by atoms with Crippen LogP contribution in [0.15, 0.2) is 60.4 Å². The molecule has 25 heavy (non-hydrogen) atoms. The molecule has 1 aromatic carbocycles. The second-order valence-corrected chi connectivity index (χ2v) is 7.85. The lowest BCUT2D eigenvalue weighted by Gasteiger charge is -2.05. The molecule has 1 heterocycles. The summed E-state index contributed by atoms with van der Waals surface area (Å²) in [5.41, 5.74) is 3.55. The molecule has 0 N–H and O–H groups in total. The lowest BCUT2D eigenvalue weighted by Crippen LogP contribution is -2.10. The fourth-order valence-corrected chi connectivity index (χ4v) is 3.51. The Balaban J connectivity index is 1.54. The van der Waals surface area contributed by atoms with Gasteiger partial charge in [0.25, 0.3) is 0 Å². The van der Waals surface area contributed by atoms with Crippen molar-refractivity contribution in [2.45, 2.75) is 40.8 Å². The number of ether oxygens (including phenoxy) is 1. The number of carbonyl (C=O) groups excluding carboxylic acids is 1. The van der Waals surface area contributed by atoms with E-state index in [0.717, 1.165) is 12.1 Å². The van der Waals surface area contributed by atoms with Crippen molar-refractivity contribution >= 4 is 5.97 Å². The zero-order valence-electron chi connectivity index (χ0n) is 15.5. The molecule has 132 valence electrons. The van der Waals surface area contributed by atoms with Crippen molar-refractivity contribution < 1.29 is 9.53 Å². The third kappa shape index (κ3) is 4.04. The SMILES string of the molecule is CC(C)=CC1C(C(=O)OCc2ccn(Cc3ccccc3)c2)C1(C)C. The predicted octanol–water partition coefficient (Wildman–Crippen LogP) is 4.82. The molecule has 1 aromatic heterocycles. The van der Waals surface area contributed by atoms with Crippen LogP contribution < -0.4 is 0 Å². The van der Waals surface area contributed by atoms with Gasteiger partial charge in [0.15, 0.2) is 0 Å². The molecule has 0 bridgehead atoms. The van der Waals surface area contributed by atoms with Gasteiger partial charge in [-0.1, -0.05) is 55.8 Å². The minimum atomic E-state index is -0.0803. The first-order valence-corrected chi connectivity index (χ1v) is 8.88. The summed E-state index contributed by atoms with van der Waals surface area (Å²) in [5, 5.41) is 0. The Bertz CT molecular complexity index is 766. The number of allylic oxidation sites excluding steroid dienone is 2. The summed E-state index contributed by atoms with van der Waals surface area (Å²) in [6, 6.07) is 12.3. The van der Waals surface area contributed by atoms with Crippen LogP contribution in [-0.2, 0) is 22.7 Å². The Morgan fingerprint density at radius 1 is 1.16 bits per heavy atom. The van der Waals surface area contributed by atoms with E-state index in [1.165, 1.54) is 11.1 Å². The van der Waals surface area contributed by atoms with Crippen molar-refractivity contribution in [3.63, 3.8) is 0 Å². The first kappa shape index (κ1) is 17.5. The van der Waals surface area contributed by atoms with E-state index in [1.807, 2.05) is 36.7 Å². The second-order valence-electron chi connectivity index (χ2n) is 7.85. The highest BCUT2D eigenvalue weighted by molar-refractivity contribution is 5.78. The van der Waals surface area contributed by atoms with Gasteiger partial charge in [-0.15, -0.1) is 0 Å². The number of esters is 1. The zero-order valence-corrected chi connectivity index (χ0v) is 15.5. The minimum Gasteiger partial charge on any atom is -0.461 e. The number of benzene rings is 1. The lowest BCUT2D eigenvalue weighted by atomic mass is 10.1. The number of rotatable bonds is 6. The quantitative estimate of drug-likeness (QED) is 0.559. The molecule has 1 saturated carbocycles. The Hall–Kier alpha value is -2.29. The van der Waals surface area contributed by atoms with E-state index in [-0.39, 0.29) is 17.3 Å². The van der Waals surface area contributed by atoms with Crippen LogP contribution in [0.5, 0.6) is 0 Å². The van der Waals surface area contributed by atoms with E-state index in [2.05, 4.69) is 50.5 Å². The van der Waals surface area contributed by atoms with Crippen molar-refractivity contribution in [2.24, 2.45) is 17.3 Å². The van der Waals surface area contributed by atoms with Crippen molar-refractivity contribution in [1.82, 2.24) is 4.57 Å². The molecule has 0 amide bonds. The molecule has 1 fully saturated rings. The van der Waals surface area contributed by atoms with E-state index in [4.69, 9.17) is 4.74 Å². The number of carbonyl (C=O) groups is 1. The molecule has 2 unspecified atom stereocenters. The summed E-state index contributed by atoms with van der Waals surface area (Å²) in [4.78, 5) is 12.4. The van der Waals surface area contributed by atoms with E-state index >= 15 is 0 Å². The highest BCUT2D eigenvalue weighted by atomic mass is 16.5. The van der Waals surface area contributed by atoms with Crippen LogP contribution in [0.4, 0.5) is 0 Å². The Kier molecular flexibility index (Phi) is 4.85. The van der Waals surface area contributed by atoms with Crippen LogP contribution in [0.25, 0.3) is 0 Å². The average molecular weight is 337 g/mol. The van der Waals surface area contributed by atoms with Gasteiger partial charge in [0, 0.05) is 24.5 Å². The van der Waals surface area contributed by atoms with Crippen LogP contribution in [0, 0.1) is 17.3 Å². The maximum Gasteiger partial charge on any atom is 0.310 e. The molecule has 3 nitrogen and oxygen atoms in total. The summed E-state index contributed by atoms with van der Waals surface area (Å²) in [7, 11) is 0. The largest absolute Gasteiger partial charge is 0.461 e. The highest BCUT2D eigenvalue weighted by Crippen LogP contribution is 2.59. The highest BCUT2D eigenvalue weighted by Gasteiger charge is 2.61. The van der Waals surface area contributed by atoms with Crippen molar-refractivity contribution in [3.8, 4) is 0 Å². The fourth-order valence-electron chi connectivity index (χ4n) is 3.51. The van der Waals surface area contributed by atoms with Crippen LogP contribution in [0.2, 0.25) is 0 Å². The van der Waals surface area contributed by atoms with Crippen LogP contribution >= 0.6 is 0 Å². The Morgan fingerprint density at radius 3 is 2.56 bits per heavy atom. The second kappa shape index (κ2) is 6.91. The first-order valence-electron chi connectivity index (χ1n) is 8.88. The van der Waals surface area contributed by atoms with Gasteiger partial charge in [-0.2, -0.15) is 0 Å². The molecular formula is C22H27NO2. The summed E-state index contributed by atoms with van der Waals surface area (Å²) >= 11 is 0. The predicted molar refractivity (Wildman–Crippen MR) is 100.0 cm³/mol. The minimum absolute atomic E-state index is 0.00753. The van der Waals surface area contributed by atoms with E-state index in [0.29, 0.717) is 12.5 Å². The Morgan fingerprint density at radius 2 is 1.88 bits per heavy atom. The molecule has 3 heteroatoms. The number of aromatic nitrogens is 1. The van der Waals surface area contributed by atoms with E-state index in [9.17, 15) is 4.79 Å². The third-order valence-corrected chi connectivity index (χ3v) is 5.08. The molecule has 0 spiro atoms. The van der Waals surface area contributed by atoms with Gasteiger partial charge in [-0.25, -0.2) is 0 Å². The maximum absolute atomic E-state index is 12.4. The zero-order chi connectivity index (χ0) is 18.0. The van der Waals surface area contributed by atoms with Gasteiger partial charge < -0.3 is 9.30 Å². The van der Waals surface area contributed by atoms with Crippen LogP contribution in [0.3, 0.4) is 0 Å². The molecule has 0 aliphatic heterocycles. The Labute approximate surface area is 150 Å². The van der Waals surface area contributed by atoms with Crippen molar-refractivity contribution in [1.29, 1.82) is 0 Å². The molecule has 0 saturated heterocycles. The summed E-state index contributed by atoms with van der Waals surface area (Å²) in [5.74, 6) is 0.199. The number of hydrogen-bond donors (Lipinski definition) is 0. The van der Waals surface area contributed by atoms with Gasteiger partial charge in [0.05, 0.1) is 5.92 Å². The maximum atomic E-state index is 12.4. The molecule has 1 aliphatic rings. The van der Waals surface area contributed by atoms with Crippen molar-refractivity contribution in [3.05, 3.63) is 71.6 Å². The van der Waals surface area contributed by atoms with Gasteiger partial charge in [-0.3, -0.25) is 4.79 Å².